The molecule has 1 unspecified atom stereocenters. The first kappa shape index (κ1) is 14.3. The van der Waals surface area contributed by atoms with Gasteiger partial charge >= 0.3 is 0 Å². The van der Waals surface area contributed by atoms with E-state index in [9.17, 15) is 0 Å². The van der Waals surface area contributed by atoms with Crippen molar-refractivity contribution in [2.45, 2.75) is 51.1 Å². The van der Waals surface area contributed by atoms with Crippen LogP contribution in [0, 0.1) is 6.92 Å². The van der Waals surface area contributed by atoms with Crippen LogP contribution in [0.4, 0.5) is 0 Å². The van der Waals surface area contributed by atoms with Crippen LogP contribution in [0.5, 0.6) is 0 Å². The first-order chi connectivity index (χ1) is 10.3. The van der Waals surface area contributed by atoms with Crippen LogP contribution in [0.15, 0.2) is 30.5 Å². The van der Waals surface area contributed by atoms with Crippen molar-refractivity contribution in [3.05, 3.63) is 47.5 Å². The third kappa shape index (κ3) is 3.32. The third-order valence-electron chi connectivity index (χ3n) is 4.39. The summed E-state index contributed by atoms with van der Waals surface area (Å²) >= 11 is 0. The fourth-order valence-corrected chi connectivity index (χ4v) is 3.18. The fourth-order valence-electron chi connectivity index (χ4n) is 3.18. The van der Waals surface area contributed by atoms with Gasteiger partial charge in [0.15, 0.2) is 0 Å². The van der Waals surface area contributed by atoms with Crippen molar-refractivity contribution in [2.75, 3.05) is 7.05 Å². The first-order valence-corrected chi connectivity index (χ1v) is 7.91. The van der Waals surface area contributed by atoms with Gasteiger partial charge in [-0.25, -0.2) is 0 Å². The maximum absolute atomic E-state index is 4.78. The average Bonchev–Trinajstić information content (AvgIpc) is 3.15. The Hall–Kier alpha value is -1.68. The molecule has 21 heavy (non-hydrogen) atoms. The number of hydrogen-bond donors (Lipinski definition) is 1. The van der Waals surface area contributed by atoms with Crippen LogP contribution in [-0.4, -0.2) is 21.8 Å². The lowest BCUT2D eigenvalue weighted by atomic mass is 10.1. The van der Waals surface area contributed by atoms with Crippen LogP contribution in [0.1, 0.15) is 54.8 Å². The van der Waals surface area contributed by atoms with Gasteiger partial charge < -0.3 is 5.32 Å². The van der Waals surface area contributed by atoms with Gasteiger partial charge in [0, 0.05) is 18.3 Å². The molecule has 1 saturated carbocycles. The zero-order valence-electron chi connectivity index (χ0n) is 12.9. The van der Waals surface area contributed by atoms with Crippen molar-refractivity contribution < 1.29 is 0 Å². The predicted octanol–water partition coefficient (Wildman–Crippen LogP) is 3.20. The Labute approximate surface area is 126 Å². The van der Waals surface area contributed by atoms with Gasteiger partial charge in [0.05, 0.1) is 23.5 Å². The highest BCUT2D eigenvalue weighted by Gasteiger charge is 2.19. The summed E-state index contributed by atoms with van der Waals surface area (Å²) in [7, 11) is 1.99. The fraction of sp³-hybridized carbons (Fsp3) is 0.529. The molecular formula is C17H24N4. The number of nitrogens with zero attached hydrogens (tertiary/aromatic N) is 3. The third-order valence-corrected chi connectivity index (χ3v) is 4.39. The molecule has 0 bridgehead atoms. The molecule has 4 heteroatoms. The minimum absolute atomic E-state index is 0.219. The van der Waals surface area contributed by atoms with E-state index >= 15 is 0 Å². The molecule has 4 nitrogen and oxygen atoms in total. The van der Waals surface area contributed by atoms with Gasteiger partial charge in [-0.3, -0.25) is 9.67 Å². The number of likely N-dealkylation sites (N-methyl/N-ethyl adjacent to an activating group) is 1. The summed E-state index contributed by atoms with van der Waals surface area (Å²) in [5, 5.41) is 8.14. The topological polar surface area (TPSA) is 42.7 Å². The second-order valence-corrected chi connectivity index (χ2v) is 5.97. The number of pyridine rings is 1. The Morgan fingerprint density at radius 3 is 2.81 bits per heavy atom. The van der Waals surface area contributed by atoms with E-state index in [4.69, 9.17) is 5.10 Å². The molecule has 0 spiro atoms. The van der Waals surface area contributed by atoms with Gasteiger partial charge in [0.1, 0.15) is 0 Å². The maximum atomic E-state index is 4.78. The highest BCUT2D eigenvalue weighted by atomic mass is 15.3. The lowest BCUT2D eigenvalue weighted by Gasteiger charge is -2.15. The number of aryl methyl sites for hydroxylation is 1. The molecule has 112 valence electrons. The van der Waals surface area contributed by atoms with Gasteiger partial charge in [-0.15, -0.1) is 0 Å². The van der Waals surface area contributed by atoms with Crippen molar-refractivity contribution in [1.29, 1.82) is 0 Å². The largest absolute Gasteiger partial charge is 0.311 e. The molecule has 2 aromatic rings. The number of hydrogen-bond acceptors (Lipinski definition) is 3. The van der Waals surface area contributed by atoms with E-state index in [-0.39, 0.29) is 6.04 Å². The van der Waals surface area contributed by atoms with E-state index in [0.29, 0.717) is 6.04 Å². The summed E-state index contributed by atoms with van der Waals surface area (Å²) in [4.78, 5) is 4.63. The van der Waals surface area contributed by atoms with E-state index < -0.39 is 0 Å². The van der Waals surface area contributed by atoms with Gasteiger partial charge in [-0.05, 0) is 45.0 Å². The van der Waals surface area contributed by atoms with Crippen molar-refractivity contribution in [1.82, 2.24) is 20.1 Å². The number of rotatable bonds is 5. The lowest BCUT2D eigenvalue weighted by Crippen LogP contribution is -2.20. The zero-order valence-corrected chi connectivity index (χ0v) is 12.9. The molecule has 2 heterocycles. The molecule has 0 aliphatic heterocycles. The Bertz CT molecular complexity index is 584. The molecule has 1 N–H and O–H groups in total. The van der Waals surface area contributed by atoms with Crippen LogP contribution < -0.4 is 5.32 Å². The van der Waals surface area contributed by atoms with E-state index in [1.807, 2.05) is 20.0 Å². The summed E-state index contributed by atoms with van der Waals surface area (Å²) in [6.07, 6.45) is 8.25. The van der Waals surface area contributed by atoms with Crippen molar-refractivity contribution in [3.63, 3.8) is 0 Å². The Balaban J connectivity index is 1.72. The standard InChI is InChI=1S/C17H24N4/c1-13-6-5-9-16(19-13)17(18-2)12-14-10-11-21(20-14)15-7-3-4-8-15/h5-6,9-11,15,17-18H,3-4,7-8,12H2,1-2H3. The molecule has 0 radical (unpaired) electrons. The van der Waals surface area contributed by atoms with Crippen LogP contribution in [-0.2, 0) is 6.42 Å². The maximum Gasteiger partial charge on any atom is 0.0644 e. The minimum atomic E-state index is 0.219. The van der Waals surface area contributed by atoms with Gasteiger partial charge in [-0.1, -0.05) is 18.9 Å². The van der Waals surface area contributed by atoms with Crippen molar-refractivity contribution in [3.8, 4) is 0 Å². The summed E-state index contributed by atoms with van der Waals surface area (Å²) in [6, 6.07) is 9.17. The van der Waals surface area contributed by atoms with E-state index in [2.05, 4.69) is 39.4 Å². The van der Waals surface area contributed by atoms with Crippen LogP contribution in [0.2, 0.25) is 0 Å². The summed E-state index contributed by atoms with van der Waals surface area (Å²) in [6.45, 7) is 2.03. The number of aromatic nitrogens is 3. The highest BCUT2D eigenvalue weighted by molar-refractivity contribution is 5.16. The normalized spacial score (nSPS) is 17.2. The van der Waals surface area contributed by atoms with Crippen LogP contribution in [0.25, 0.3) is 0 Å². The van der Waals surface area contributed by atoms with E-state index in [1.54, 1.807) is 0 Å². The molecule has 1 atom stereocenters. The molecule has 3 rings (SSSR count). The number of nitrogens with one attached hydrogen (secondary N) is 1. The van der Waals surface area contributed by atoms with Crippen molar-refractivity contribution >= 4 is 0 Å². The van der Waals surface area contributed by atoms with Gasteiger partial charge in [-0.2, -0.15) is 5.10 Å². The Kier molecular flexibility index (Phi) is 4.34. The van der Waals surface area contributed by atoms with Gasteiger partial charge in [0.25, 0.3) is 0 Å². The Morgan fingerprint density at radius 2 is 2.10 bits per heavy atom. The van der Waals surface area contributed by atoms with Gasteiger partial charge in [0.2, 0.25) is 0 Å². The molecule has 2 aromatic heterocycles. The van der Waals surface area contributed by atoms with Crippen LogP contribution in [0.3, 0.4) is 0 Å². The molecule has 1 aliphatic rings. The summed E-state index contributed by atoms with van der Waals surface area (Å²) < 4.78 is 2.17. The smallest absolute Gasteiger partial charge is 0.0644 e. The minimum Gasteiger partial charge on any atom is -0.311 e. The summed E-state index contributed by atoms with van der Waals surface area (Å²) in [5.74, 6) is 0. The lowest BCUT2D eigenvalue weighted by molar-refractivity contribution is 0.458. The first-order valence-electron chi connectivity index (χ1n) is 7.91. The SMILES string of the molecule is CNC(Cc1ccn(C2CCCC2)n1)c1cccc(C)n1. The van der Waals surface area contributed by atoms with Crippen LogP contribution >= 0.6 is 0 Å². The Morgan fingerprint density at radius 1 is 1.29 bits per heavy atom. The highest BCUT2D eigenvalue weighted by Crippen LogP contribution is 2.29. The molecule has 1 fully saturated rings. The quantitative estimate of drug-likeness (QED) is 0.917. The second kappa shape index (κ2) is 6.39. The molecule has 0 amide bonds. The molecular weight excluding hydrogens is 260 g/mol. The van der Waals surface area contributed by atoms with E-state index in [0.717, 1.165) is 23.5 Å². The zero-order chi connectivity index (χ0) is 14.7. The average molecular weight is 284 g/mol. The molecule has 1 aliphatic carbocycles. The monoisotopic (exact) mass is 284 g/mol. The molecule has 0 aromatic carbocycles. The molecule has 0 saturated heterocycles. The summed E-state index contributed by atoms with van der Waals surface area (Å²) in [5.41, 5.74) is 3.29. The van der Waals surface area contributed by atoms with Crippen molar-refractivity contribution in [2.24, 2.45) is 0 Å². The second-order valence-electron chi connectivity index (χ2n) is 5.97. The van der Waals surface area contributed by atoms with E-state index in [1.165, 1.54) is 25.7 Å². The predicted molar refractivity (Wildman–Crippen MR) is 84.2 cm³/mol.